The van der Waals surface area contributed by atoms with E-state index in [9.17, 15) is 0 Å². The van der Waals surface area contributed by atoms with Crippen LogP contribution in [0.1, 0.15) is 45.7 Å². The van der Waals surface area contributed by atoms with Crippen LogP contribution in [-0.4, -0.2) is 13.7 Å². The zero-order chi connectivity index (χ0) is 21.1. The molecule has 3 rings (SSSR count). The van der Waals surface area contributed by atoms with E-state index in [0.29, 0.717) is 6.61 Å². The molecule has 2 heterocycles. The highest BCUT2D eigenvalue weighted by Gasteiger charge is 2.27. The molecule has 0 spiro atoms. The predicted octanol–water partition coefficient (Wildman–Crippen LogP) is 6.71. The Labute approximate surface area is 170 Å². The molecule has 0 amide bonds. The van der Waals surface area contributed by atoms with Crippen molar-refractivity contribution in [1.29, 1.82) is 0 Å². The Balaban J connectivity index is 0.000000921. The van der Waals surface area contributed by atoms with Gasteiger partial charge in [0, 0.05) is 25.5 Å². The van der Waals surface area contributed by atoms with E-state index in [2.05, 4.69) is 19.2 Å². The van der Waals surface area contributed by atoms with E-state index in [1.165, 1.54) is 0 Å². The number of allylic oxidation sites excluding steroid dienone is 6. The number of methoxy groups -OCH3 is 1. The molecule has 3 nitrogen and oxygen atoms in total. The van der Waals surface area contributed by atoms with Crippen LogP contribution in [0.5, 0.6) is 11.5 Å². The van der Waals surface area contributed by atoms with E-state index in [0.717, 1.165) is 58.1 Å². The molecule has 0 aromatic heterocycles. The number of benzene rings is 1. The van der Waals surface area contributed by atoms with Crippen LogP contribution in [0.4, 0.5) is 0 Å². The van der Waals surface area contributed by atoms with E-state index < -0.39 is 0 Å². The summed E-state index contributed by atoms with van der Waals surface area (Å²) in [6.45, 7) is 18.2. The highest BCUT2D eigenvalue weighted by Crippen LogP contribution is 2.43. The Kier molecular flexibility index (Phi) is 10.1. The van der Waals surface area contributed by atoms with Crippen molar-refractivity contribution in [2.24, 2.45) is 0 Å². The quantitative estimate of drug-likeness (QED) is 0.566. The first kappa shape index (κ1) is 23.5. The summed E-state index contributed by atoms with van der Waals surface area (Å²) < 4.78 is 17.5. The number of hydrogen-bond acceptors (Lipinski definition) is 3. The third-order valence-corrected chi connectivity index (χ3v) is 4.25. The molecule has 0 atom stereocenters. The van der Waals surface area contributed by atoms with Gasteiger partial charge in [0.1, 0.15) is 29.6 Å². The summed E-state index contributed by atoms with van der Waals surface area (Å²) in [6.07, 6.45) is 9.18. The van der Waals surface area contributed by atoms with Crippen LogP contribution in [0, 0.1) is 0 Å². The van der Waals surface area contributed by atoms with Crippen LogP contribution in [0.3, 0.4) is 0 Å². The van der Waals surface area contributed by atoms with Crippen molar-refractivity contribution >= 4 is 0 Å². The lowest BCUT2D eigenvalue weighted by Gasteiger charge is -2.28. The van der Waals surface area contributed by atoms with Gasteiger partial charge in [-0.15, -0.1) is 0 Å². The van der Waals surface area contributed by atoms with Crippen LogP contribution in [0.2, 0.25) is 0 Å². The molecule has 152 valence electrons. The van der Waals surface area contributed by atoms with Gasteiger partial charge in [-0.3, -0.25) is 0 Å². The lowest BCUT2D eigenvalue weighted by atomic mass is 9.92. The molecule has 0 saturated heterocycles. The van der Waals surface area contributed by atoms with Gasteiger partial charge in [0.05, 0.1) is 0 Å². The van der Waals surface area contributed by atoms with Crippen LogP contribution >= 0.6 is 0 Å². The largest absolute Gasteiger partial charge is 0.459 e. The van der Waals surface area contributed by atoms with Crippen molar-refractivity contribution in [2.75, 3.05) is 13.7 Å². The Bertz CT molecular complexity index is 779. The van der Waals surface area contributed by atoms with Crippen molar-refractivity contribution < 1.29 is 14.2 Å². The molecule has 2 aliphatic rings. The molecule has 3 heteroatoms. The monoisotopic (exact) mass is 382 g/mol. The van der Waals surface area contributed by atoms with Gasteiger partial charge < -0.3 is 14.2 Å². The van der Waals surface area contributed by atoms with Crippen molar-refractivity contribution in [2.45, 2.75) is 47.5 Å². The second-order valence-corrected chi connectivity index (χ2v) is 5.77. The summed E-state index contributed by atoms with van der Waals surface area (Å²) in [5.74, 6) is 3.38. The van der Waals surface area contributed by atoms with Gasteiger partial charge >= 0.3 is 0 Å². The molecule has 28 heavy (non-hydrogen) atoms. The predicted molar refractivity (Wildman–Crippen MR) is 119 cm³/mol. The van der Waals surface area contributed by atoms with E-state index in [1.807, 2.05) is 65.0 Å². The van der Waals surface area contributed by atoms with Gasteiger partial charge in [-0.05, 0) is 35.8 Å². The molecule has 0 fully saturated rings. The summed E-state index contributed by atoms with van der Waals surface area (Å²) in [4.78, 5) is 0. The molecule has 1 aromatic carbocycles. The van der Waals surface area contributed by atoms with Crippen LogP contribution in [-0.2, 0) is 17.6 Å². The Morgan fingerprint density at radius 1 is 1.00 bits per heavy atom. The van der Waals surface area contributed by atoms with Crippen molar-refractivity contribution in [1.82, 2.24) is 0 Å². The van der Waals surface area contributed by atoms with E-state index in [1.54, 1.807) is 7.11 Å². The first-order valence-electron chi connectivity index (χ1n) is 10.0. The topological polar surface area (TPSA) is 27.7 Å². The summed E-state index contributed by atoms with van der Waals surface area (Å²) in [7, 11) is 1.66. The van der Waals surface area contributed by atoms with E-state index >= 15 is 0 Å². The maximum atomic E-state index is 6.22. The van der Waals surface area contributed by atoms with Gasteiger partial charge in [-0.1, -0.05) is 65.1 Å². The number of rotatable bonds is 5. The molecular formula is C25H34O3. The first-order chi connectivity index (χ1) is 13.7. The zero-order valence-electron chi connectivity index (χ0n) is 18.2. The lowest BCUT2D eigenvalue weighted by molar-refractivity contribution is 0.184. The van der Waals surface area contributed by atoms with Gasteiger partial charge in [0.25, 0.3) is 0 Å². The molecule has 0 N–H and O–H groups in total. The third-order valence-electron chi connectivity index (χ3n) is 4.25. The number of hydrogen-bond donors (Lipinski definition) is 0. The molecular weight excluding hydrogens is 348 g/mol. The lowest BCUT2D eigenvalue weighted by Crippen LogP contribution is -2.17. The molecule has 0 bridgehead atoms. The van der Waals surface area contributed by atoms with E-state index in [-0.39, 0.29) is 0 Å². The van der Waals surface area contributed by atoms with Crippen molar-refractivity contribution in [3.8, 4) is 11.5 Å². The molecule has 0 unspecified atom stereocenters. The van der Waals surface area contributed by atoms with Crippen molar-refractivity contribution in [3.05, 3.63) is 83.4 Å². The molecule has 0 aliphatic carbocycles. The average molecular weight is 383 g/mol. The smallest absolute Gasteiger partial charge is 0.138 e. The molecule has 0 saturated carbocycles. The fourth-order valence-electron chi connectivity index (χ4n) is 3.05. The maximum absolute atomic E-state index is 6.22. The third kappa shape index (κ3) is 5.05. The minimum atomic E-state index is 0.434. The Morgan fingerprint density at radius 3 is 2.25 bits per heavy atom. The summed E-state index contributed by atoms with van der Waals surface area (Å²) >= 11 is 0. The highest BCUT2D eigenvalue weighted by atomic mass is 16.5. The fraction of sp³-hybridized carbons (Fsp3) is 0.360. The number of fused-ring (bicyclic) bond motifs is 3. The van der Waals surface area contributed by atoms with Gasteiger partial charge in [0.2, 0.25) is 0 Å². The van der Waals surface area contributed by atoms with E-state index in [4.69, 9.17) is 14.2 Å². The highest BCUT2D eigenvalue weighted by molar-refractivity contribution is 5.59. The van der Waals surface area contributed by atoms with Gasteiger partial charge in [0.15, 0.2) is 0 Å². The molecule has 1 aromatic rings. The minimum Gasteiger partial charge on any atom is -0.459 e. The fourth-order valence-corrected chi connectivity index (χ4v) is 3.05. The summed E-state index contributed by atoms with van der Waals surface area (Å²) in [6, 6.07) is 4.07. The Morgan fingerprint density at radius 2 is 1.68 bits per heavy atom. The second-order valence-electron chi connectivity index (χ2n) is 5.77. The standard InChI is InChI=1S/C21H22O3.2C2H6/c1-5-8-18-14(6-2)11-16-9-10-19-17(21(16)24-18)12-15(7-3)20(23-19)13-22-4;2*1-2/h5-10H,2-3,11-13H2,1,4H3;2*1-2H3/b8-5-;;. The molecule has 2 aliphatic heterocycles. The maximum Gasteiger partial charge on any atom is 0.138 e. The second kappa shape index (κ2) is 12.0. The van der Waals surface area contributed by atoms with Crippen LogP contribution in [0.15, 0.2) is 72.3 Å². The number of ether oxygens (including phenoxy) is 3. The van der Waals surface area contributed by atoms with Gasteiger partial charge in [-0.25, -0.2) is 0 Å². The average Bonchev–Trinajstić information content (AvgIpc) is 2.76. The van der Waals surface area contributed by atoms with Crippen LogP contribution < -0.4 is 9.47 Å². The normalized spacial score (nSPS) is 14.5. The summed E-state index contributed by atoms with van der Waals surface area (Å²) in [5, 5.41) is 0. The summed E-state index contributed by atoms with van der Waals surface area (Å²) in [5.41, 5.74) is 4.34. The minimum absolute atomic E-state index is 0.434. The van der Waals surface area contributed by atoms with Gasteiger partial charge in [-0.2, -0.15) is 0 Å². The van der Waals surface area contributed by atoms with Crippen molar-refractivity contribution in [3.63, 3.8) is 0 Å². The molecule has 0 radical (unpaired) electrons. The van der Waals surface area contributed by atoms with Crippen LogP contribution in [0.25, 0.3) is 0 Å². The Hall–Kier alpha value is -2.52. The first-order valence-corrected chi connectivity index (χ1v) is 10.0. The SMILES string of the molecule is C=CC1=C(/C=C\C)Oc2c(ccc3c2CC(C=C)=C(COC)O3)C1.CC.CC. The zero-order valence-corrected chi connectivity index (χ0v) is 18.2.